The molecule has 1 aromatic rings. The summed E-state index contributed by atoms with van der Waals surface area (Å²) in [5, 5.41) is 0. The van der Waals surface area contributed by atoms with Gasteiger partial charge in [-0.1, -0.05) is 19.1 Å². The molecule has 1 atom stereocenters. The lowest BCUT2D eigenvalue weighted by molar-refractivity contribution is -0.169. The molecule has 0 spiro atoms. The van der Waals surface area contributed by atoms with Crippen LogP contribution in [0.2, 0.25) is 0 Å². The summed E-state index contributed by atoms with van der Waals surface area (Å²) >= 11 is 0. The minimum atomic E-state index is -1.48. The number of hydrogen-bond acceptors (Lipinski definition) is 6. The van der Waals surface area contributed by atoms with Gasteiger partial charge < -0.3 is 14.2 Å². The molecular formula is C16H20O6. The van der Waals surface area contributed by atoms with Crippen LogP contribution in [0, 0.1) is 5.41 Å². The maximum atomic E-state index is 12.1. The molecular weight excluding hydrogens is 288 g/mol. The molecule has 0 saturated carbocycles. The first kappa shape index (κ1) is 17.7. The van der Waals surface area contributed by atoms with Gasteiger partial charge in [0.1, 0.15) is 0 Å². The van der Waals surface area contributed by atoms with E-state index in [2.05, 4.69) is 4.74 Å². The summed E-state index contributed by atoms with van der Waals surface area (Å²) in [6.45, 7) is 3.20. The number of carbonyl (C=O) groups is 3. The molecule has 120 valence electrons. The molecule has 0 unspecified atom stereocenters. The Kier molecular flexibility index (Phi) is 5.68. The van der Waals surface area contributed by atoms with Crippen LogP contribution in [-0.4, -0.2) is 39.2 Å². The number of esters is 3. The van der Waals surface area contributed by atoms with Gasteiger partial charge in [0.2, 0.25) is 0 Å². The second kappa shape index (κ2) is 7.06. The maximum Gasteiger partial charge on any atom is 0.337 e. The van der Waals surface area contributed by atoms with Crippen LogP contribution in [0.4, 0.5) is 0 Å². The van der Waals surface area contributed by atoms with Crippen LogP contribution in [0.15, 0.2) is 24.3 Å². The van der Waals surface area contributed by atoms with Gasteiger partial charge in [0.15, 0.2) is 5.41 Å². The molecule has 0 aromatic heterocycles. The number of benzene rings is 1. The molecule has 22 heavy (non-hydrogen) atoms. The lowest BCUT2D eigenvalue weighted by atomic mass is 9.74. The molecule has 0 heterocycles. The first-order valence-electron chi connectivity index (χ1n) is 6.68. The lowest BCUT2D eigenvalue weighted by Gasteiger charge is -2.30. The summed E-state index contributed by atoms with van der Waals surface area (Å²) in [5.74, 6) is -2.31. The zero-order chi connectivity index (χ0) is 16.9. The van der Waals surface area contributed by atoms with Crippen molar-refractivity contribution >= 4 is 17.9 Å². The first-order chi connectivity index (χ1) is 10.3. The summed E-state index contributed by atoms with van der Waals surface area (Å²) < 4.78 is 14.1. The Morgan fingerprint density at radius 1 is 0.909 bits per heavy atom. The maximum absolute atomic E-state index is 12.1. The summed E-state index contributed by atoms with van der Waals surface area (Å²) in [4.78, 5) is 35.6. The van der Waals surface area contributed by atoms with Crippen molar-refractivity contribution in [1.29, 1.82) is 0 Å². The number of hydrogen-bond donors (Lipinski definition) is 0. The van der Waals surface area contributed by atoms with E-state index < -0.39 is 29.2 Å². The predicted molar refractivity (Wildman–Crippen MR) is 78.3 cm³/mol. The van der Waals surface area contributed by atoms with Crippen molar-refractivity contribution in [2.24, 2.45) is 5.41 Å². The van der Waals surface area contributed by atoms with Crippen molar-refractivity contribution in [2.45, 2.75) is 19.8 Å². The average molecular weight is 308 g/mol. The Labute approximate surface area is 129 Å². The highest BCUT2D eigenvalue weighted by Gasteiger charge is 2.49. The quantitative estimate of drug-likeness (QED) is 0.470. The first-order valence-corrected chi connectivity index (χ1v) is 6.68. The van der Waals surface area contributed by atoms with E-state index in [4.69, 9.17) is 9.47 Å². The van der Waals surface area contributed by atoms with Crippen molar-refractivity contribution < 1.29 is 28.6 Å². The molecule has 0 radical (unpaired) electrons. The standard InChI is InChI=1S/C16H20O6/c1-10(16(2,14(18)21-4)15(19)22-5)11-6-8-12(9-7-11)13(17)20-3/h6-10H,1-5H3/t10-/m1/s1. The molecule has 0 aliphatic rings. The molecule has 0 N–H and O–H groups in total. The largest absolute Gasteiger partial charge is 0.468 e. The monoisotopic (exact) mass is 308 g/mol. The smallest absolute Gasteiger partial charge is 0.337 e. The Morgan fingerprint density at radius 3 is 1.73 bits per heavy atom. The number of rotatable bonds is 5. The highest BCUT2D eigenvalue weighted by atomic mass is 16.5. The van der Waals surface area contributed by atoms with Crippen molar-refractivity contribution in [3.8, 4) is 0 Å². The average Bonchev–Trinajstić information content (AvgIpc) is 2.58. The highest BCUT2D eigenvalue weighted by Crippen LogP contribution is 2.38. The van der Waals surface area contributed by atoms with Gasteiger partial charge in [-0.2, -0.15) is 0 Å². The van der Waals surface area contributed by atoms with E-state index in [0.29, 0.717) is 11.1 Å². The summed E-state index contributed by atoms with van der Waals surface area (Å²) in [6, 6.07) is 6.49. The van der Waals surface area contributed by atoms with Gasteiger partial charge in [0.25, 0.3) is 0 Å². The van der Waals surface area contributed by atoms with E-state index in [9.17, 15) is 14.4 Å². The minimum absolute atomic E-state index is 0.385. The van der Waals surface area contributed by atoms with Crippen molar-refractivity contribution in [3.63, 3.8) is 0 Å². The van der Waals surface area contributed by atoms with E-state index in [1.165, 1.54) is 28.3 Å². The number of methoxy groups -OCH3 is 3. The molecule has 6 nitrogen and oxygen atoms in total. The van der Waals surface area contributed by atoms with E-state index in [1.807, 2.05) is 0 Å². The molecule has 0 amide bonds. The van der Waals surface area contributed by atoms with Crippen LogP contribution >= 0.6 is 0 Å². The van der Waals surface area contributed by atoms with Gasteiger partial charge in [0, 0.05) is 5.92 Å². The summed E-state index contributed by atoms with van der Waals surface area (Å²) in [5.41, 5.74) is -0.391. The molecule has 1 rings (SSSR count). The van der Waals surface area contributed by atoms with Crippen LogP contribution in [0.3, 0.4) is 0 Å². The van der Waals surface area contributed by atoms with Gasteiger partial charge in [-0.05, 0) is 24.6 Å². The van der Waals surface area contributed by atoms with Gasteiger partial charge in [-0.3, -0.25) is 9.59 Å². The second-order valence-corrected chi connectivity index (χ2v) is 5.02. The van der Waals surface area contributed by atoms with E-state index >= 15 is 0 Å². The van der Waals surface area contributed by atoms with Crippen LogP contribution in [0.1, 0.15) is 35.7 Å². The molecule has 0 aliphatic heterocycles. The summed E-state index contributed by atoms with van der Waals surface area (Å²) in [7, 11) is 3.73. The fourth-order valence-electron chi connectivity index (χ4n) is 2.22. The third-order valence-electron chi connectivity index (χ3n) is 3.92. The third-order valence-corrected chi connectivity index (χ3v) is 3.92. The summed E-state index contributed by atoms with van der Waals surface area (Å²) in [6.07, 6.45) is 0. The van der Waals surface area contributed by atoms with Crippen LogP contribution in [0.25, 0.3) is 0 Å². The number of carbonyl (C=O) groups excluding carboxylic acids is 3. The van der Waals surface area contributed by atoms with Crippen LogP contribution in [0.5, 0.6) is 0 Å². The fourth-order valence-corrected chi connectivity index (χ4v) is 2.22. The predicted octanol–water partition coefficient (Wildman–Crippen LogP) is 1.93. The Morgan fingerprint density at radius 2 is 1.36 bits per heavy atom. The van der Waals surface area contributed by atoms with Crippen molar-refractivity contribution in [2.75, 3.05) is 21.3 Å². The van der Waals surface area contributed by atoms with Gasteiger partial charge in [0.05, 0.1) is 26.9 Å². The van der Waals surface area contributed by atoms with E-state index in [1.54, 1.807) is 31.2 Å². The zero-order valence-corrected chi connectivity index (χ0v) is 13.3. The van der Waals surface area contributed by atoms with E-state index in [0.717, 1.165) is 0 Å². The molecule has 0 aliphatic carbocycles. The van der Waals surface area contributed by atoms with Crippen molar-refractivity contribution in [1.82, 2.24) is 0 Å². The van der Waals surface area contributed by atoms with Crippen LogP contribution < -0.4 is 0 Å². The van der Waals surface area contributed by atoms with Gasteiger partial charge in [-0.25, -0.2) is 4.79 Å². The third kappa shape index (κ3) is 3.10. The van der Waals surface area contributed by atoms with E-state index in [-0.39, 0.29) is 0 Å². The fraction of sp³-hybridized carbons (Fsp3) is 0.438. The molecule has 6 heteroatoms. The van der Waals surface area contributed by atoms with Crippen LogP contribution in [-0.2, 0) is 23.8 Å². The second-order valence-electron chi connectivity index (χ2n) is 5.02. The lowest BCUT2D eigenvalue weighted by Crippen LogP contribution is -2.42. The Bertz CT molecular complexity index is 545. The molecule has 1 aromatic carbocycles. The topological polar surface area (TPSA) is 78.9 Å². The Hall–Kier alpha value is -2.37. The van der Waals surface area contributed by atoms with Gasteiger partial charge >= 0.3 is 17.9 Å². The zero-order valence-electron chi connectivity index (χ0n) is 13.3. The van der Waals surface area contributed by atoms with Gasteiger partial charge in [-0.15, -0.1) is 0 Å². The molecule has 0 bridgehead atoms. The SMILES string of the molecule is COC(=O)c1ccc([C@@H](C)C(C)(C(=O)OC)C(=O)OC)cc1. The Balaban J connectivity index is 3.20. The van der Waals surface area contributed by atoms with Crippen molar-refractivity contribution in [3.05, 3.63) is 35.4 Å². The minimum Gasteiger partial charge on any atom is -0.468 e. The highest BCUT2D eigenvalue weighted by molar-refractivity contribution is 6.00. The number of ether oxygens (including phenoxy) is 3. The molecule has 0 saturated heterocycles. The normalized spacial score (nSPS) is 12.2. The molecule has 0 fully saturated rings.